The number of ether oxygens (including phenoxy) is 1. The third-order valence-corrected chi connectivity index (χ3v) is 4.43. The van der Waals surface area contributed by atoms with Crippen LogP contribution in [0.15, 0.2) is 22.8 Å². The number of carbonyl (C=O) groups is 1. The summed E-state index contributed by atoms with van der Waals surface area (Å²) in [5.74, 6) is 0.477. The molecule has 1 N–H and O–H groups in total. The second-order valence-electron chi connectivity index (χ2n) is 7.11. The molecule has 1 atom stereocenters. The zero-order chi connectivity index (χ0) is 18.9. The maximum Gasteiger partial charge on any atom is 0.278 e. The number of aliphatic hydroxyl groups is 1. The largest absolute Gasteiger partial charge is 0.491 e. The van der Waals surface area contributed by atoms with E-state index in [0.29, 0.717) is 31.9 Å². The summed E-state index contributed by atoms with van der Waals surface area (Å²) in [7, 11) is 3.82. The van der Waals surface area contributed by atoms with Gasteiger partial charge < -0.3 is 19.6 Å². The van der Waals surface area contributed by atoms with Crippen molar-refractivity contribution in [2.24, 2.45) is 0 Å². The minimum Gasteiger partial charge on any atom is -0.491 e. The van der Waals surface area contributed by atoms with E-state index in [4.69, 9.17) is 4.74 Å². The van der Waals surface area contributed by atoms with E-state index in [9.17, 15) is 9.90 Å². The van der Waals surface area contributed by atoms with Crippen molar-refractivity contribution in [1.29, 1.82) is 0 Å². The molecule has 0 saturated heterocycles. The van der Waals surface area contributed by atoms with Gasteiger partial charge in [-0.1, -0.05) is 11.2 Å². The predicted molar refractivity (Wildman–Crippen MR) is 93.8 cm³/mol. The molecule has 140 valence electrons. The third-order valence-electron chi connectivity index (χ3n) is 4.43. The highest BCUT2D eigenvalue weighted by Gasteiger charge is 2.28. The number of rotatable bonds is 4. The van der Waals surface area contributed by atoms with Gasteiger partial charge in [-0.3, -0.25) is 4.79 Å². The van der Waals surface area contributed by atoms with E-state index < -0.39 is 5.60 Å². The first-order valence-corrected chi connectivity index (χ1v) is 8.49. The van der Waals surface area contributed by atoms with Crippen LogP contribution in [0.3, 0.4) is 0 Å². The van der Waals surface area contributed by atoms with Gasteiger partial charge in [-0.15, -0.1) is 0 Å². The first kappa shape index (κ1) is 18.3. The van der Waals surface area contributed by atoms with Crippen molar-refractivity contribution in [3.8, 4) is 5.75 Å². The number of carbonyl (C=O) groups excluding carboxylic acids is 1. The van der Waals surface area contributed by atoms with Gasteiger partial charge >= 0.3 is 0 Å². The van der Waals surface area contributed by atoms with E-state index in [0.717, 1.165) is 16.9 Å². The van der Waals surface area contributed by atoms with Crippen LogP contribution in [0.5, 0.6) is 5.75 Å². The molecule has 0 radical (unpaired) electrons. The molecule has 0 fully saturated rings. The van der Waals surface area contributed by atoms with Gasteiger partial charge in [0.1, 0.15) is 18.1 Å². The lowest BCUT2D eigenvalue weighted by molar-refractivity contribution is 0.0299. The second-order valence-corrected chi connectivity index (χ2v) is 7.11. The Morgan fingerprint density at radius 2 is 2.15 bits per heavy atom. The average Bonchev–Trinajstić information content (AvgIpc) is 2.87. The number of amides is 1. The molecular formula is C18H24N4O4. The molecule has 2 aromatic rings. The minimum atomic E-state index is -1.01. The third kappa shape index (κ3) is 3.71. The van der Waals surface area contributed by atoms with E-state index in [1.165, 1.54) is 0 Å². The summed E-state index contributed by atoms with van der Waals surface area (Å²) in [6.45, 7) is 5.13. The Hall–Kier alpha value is -2.45. The summed E-state index contributed by atoms with van der Waals surface area (Å²) in [4.78, 5) is 16.3. The fraction of sp³-hybridized carbons (Fsp3) is 0.500. The van der Waals surface area contributed by atoms with Gasteiger partial charge in [0.15, 0.2) is 5.69 Å². The van der Waals surface area contributed by atoms with Crippen LogP contribution in [-0.4, -0.2) is 64.9 Å². The summed E-state index contributed by atoms with van der Waals surface area (Å²) >= 11 is 0. The van der Waals surface area contributed by atoms with Crippen molar-refractivity contribution in [1.82, 2.24) is 20.1 Å². The monoisotopic (exact) mass is 360 g/mol. The zero-order valence-electron chi connectivity index (χ0n) is 15.5. The summed E-state index contributed by atoms with van der Waals surface area (Å²) < 4.78 is 10.4. The molecule has 1 aliphatic heterocycles. The number of aromatic nitrogens is 2. The van der Waals surface area contributed by atoms with Crippen LogP contribution >= 0.6 is 0 Å². The highest BCUT2D eigenvalue weighted by Crippen LogP contribution is 2.30. The normalized spacial score (nSPS) is 16.6. The van der Waals surface area contributed by atoms with Crippen molar-refractivity contribution < 1.29 is 19.3 Å². The standard InChI is InChI=1S/C18H24N4O4/c1-12-16(20-26-19-12)17(23)22-7-8-25-15-6-5-14(9-13(15)10-22)18(2,24)11-21(3)4/h5-6,9,24H,7-8,10-11H2,1-4H3. The quantitative estimate of drug-likeness (QED) is 0.875. The van der Waals surface area contributed by atoms with Crippen molar-refractivity contribution in [3.05, 3.63) is 40.7 Å². The molecule has 0 aliphatic carbocycles. The van der Waals surface area contributed by atoms with Crippen molar-refractivity contribution >= 4 is 5.91 Å². The predicted octanol–water partition coefficient (Wildman–Crippen LogP) is 1.18. The highest BCUT2D eigenvalue weighted by atomic mass is 16.6. The summed E-state index contributed by atoms with van der Waals surface area (Å²) in [6.07, 6.45) is 0. The van der Waals surface area contributed by atoms with Crippen molar-refractivity contribution in [2.75, 3.05) is 33.8 Å². The van der Waals surface area contributed by atoms with Crippen molar-refractivity contribution in [3.63, 3.8) is 0 Å². The molecule has 8 heteroatoms. The Kier molecular flexibility index (Phi) is 4.97. The first-order chi connectivity index (χ1) is 12.3. The molecule has 1 aromatic heterocycles. The molecule has 3 rings (SSSR count). The number of fused-ring (bicyclic) bond motifs is 1. The average molecular weight is 360 g/mol. The van der Waals surface area contributed by atoms with Crippen LogP contribution in [0.1, 0.15) is 34.2 Å². The fourth-order valence-corrected chi connectivity index (χ4v) is 3.19. The molecule has 1 aromatic carbocycles. The molecule has 0 bridgehead atoms. The molecule has 26 heavy (non-hydrogen) atoms. The minimum absolute atomic E-state index is 0.212. The molecule has 1 unspecified atom stereocenters. The number of aryl methyl sites for hydroxylation is 1. The molecular weight excluding hydrogens is 336 g/mol. The molecule has 0 spiro atoms. The van der Waals surface area contributed by atoms with E-state index >= 15 is 0 Å². The summed E-state index contributed by atoms with van der Waals surface area (Å²) in [5, 5.41) is 18.2. The van der Waals surface area contributed by atoms with Gasteiger partial charge in [-0.2, -0.15) is 0 Å². The maximum atomic E-state index is 12.7. The Bertz CT molecular complexity index is 800. The lowest BCUT2D eigenvalue weighted by atomic mass is 9.93. The van der Waals surface area contributed by atoms with Crippen LogP contribution in [-0.2, 0) is 12.1 Å². The number of hydrogen-bond donors (Lipinski definition) is 1. The lowest BCUT2D eigenvalue weighted by Gasteiger charge is -2.28. The smallest absolute Gasteiger partial charge is 0.278 e. The SMILES string of the molecule is Cc1nonc1C(=O)N1CCOc2ccc(C(C)(O)CN(C)C)cc2C1. The number of nitrogens with zero attached hydrogens (tertiary/aromatic N) is 4. The lowest BCUT2D eigenvalue weighted by Crippen LogP contribution is -2.35. The topological polar surface area (TPSA) is 91.9 Å². The Morgan fingerprint density at radius 3 is 2.81 bits per heavy atom. The van der Waals surface area contributed by atoms with Gasteiger partial charge in [0.05, 0.1) is 12.1 Å². The van der Waals surface area contributed by atoms with Crippen LogP contribution in [0.4, 0.5) is 0 Å². The molecule has 2 heterocycles. The zero-order valence-corrected chi connectivity index (χ0v) is 15.5. The summed E-state index contributed by atoms with van der Waals surface area (Å²) in [6, 6.07) is 5.62. The highest BCUT2D eigenvalue weighted by molar-refractivity contribution is 5.93. The number of likely N-dealkylation sites (N-methyl/N-ethyl adjacent to an activating group) is 1. The molecule has 1 aliphatic rings. The van der Waals surface area contributed by atoms with Crippen molar-refractivity contribution in [2.45, 2.75) is 26.0 Å². The Morgan fingerprint density at radius 1 is 1.38 bits per heavy atom. The van der Waals surface area contributed by atoms with Gasteiger partial charge in [-0.05, 0) is 50.8 Å². The second kappa shape index (κ2) is 7.05. The first-order valence-electron chi connectivity index (χ1n) is 8.49. The fourth-order valence-electron chi connectivity index (χ4n) is 3.19. The van der Waals surface area contributed by atoms with E-state index in [2.05, 4.69) is 14.9 Å². The van der Waals surface area contributed by atoms with Gasteiger partial charge in [0, 0.05) is 18.7 Å². The van der Waals surface area contributed by atoms with Crippen LogP contribution in [0.2, 0.25) is 0 Å². The number of benzene rings is 1. The van der Waals surface area contributed by atoms with Gasteiger partial charge in [-0.25, -0.2) is 4.63 Å². The van der Waals surface area contributed by atoms with Crippen LogP contribution in [0.25, 0.3) is 0 Å². The Balaban J connectivity index is 1.88. The molecule has 1 amide bonds. The van der Waals surface area contributed by atoms with Gasteiger partial charge in [0.25, 0.3) is 5.91 Å². The van der Waals surface area contributed by atoms with E-state index in [1.807, 2.05) is 37.2 Å². The summed E-state index contributed by atoms with van der Waals surface area (Å²) in [5.41, 5.74) is 1.29. The van der Waals surface area contributed by atoms with E-state index in [-0.39, 0.29) is 11.6 Å². The molecule has 8 nitrogen and oxygen atoms in total. The van der Waals surface area contributed by atoms with E-state index in [1.54, 1.807) is 18.7 Å². The maximum absolute atomic E-state index is 12.7. The van der Waals surface area contributed by atoms with Crippen LogP contribution in [0, 0.1) is 6.92 Å². The van der Waals surface area contributed by atoms with Crippen LogP contribution < -0.4 is 4.74 Å². The molecule has 0 saturated carbocycles. The number of hydrogen-bond acceptors (Lipinski definition) is 7. The Labute approximate surface area is 152 Å². The van der Waals surface area contributed by atoms with Gasteiger partial charge in [0.2, 0.25) is 0 Å².